The lowest BCUT2D eigenvalue weighted by Crippen LogP contribution is -2.24. The Labute approximate surface area is 75.4 Å². The smallest absolute Gasteiger partial charge is 0.331 e. The molecule has 0 aliphatic carbocycles. The number of hydrogen-bond acceptors (Lipinski definition) is 3. The third-order valence-corrected chi connectivity index (χ3v) is 1.59. The van der Waals surface area contributed by atoms with Crippen molar-refractivity contribution in [3.05, 3.63) is 35.9 Å². The summed E-state index contributed by atoms with van der Waals surface area (Å²) in [6, 6.07) is 7.60. The van der Waals surface area contributed by atoms with Gasteiger partial charge in [-0.2, -0.15) is 5.26 Å². The highest BCUT2D eigenvalue weighted by atomic mass is 16.4. The number of carboxylic acids is 1. The van der Waals surface area contributed by atoms with Crippen molar-refractivity contribution in [1.82, 2.24) is 5.32 Å². The van der Waals surface area contributed by atoms with Gasteiger partial charge in [-0.05, 0) is 5.56 Å². The second-order valence-corrected chi connectivity index (χ2v) is 2.44. The van der Waals surface area contributed by atoms with Crippen LogP contribution in [0.5, 0.6) is 0 Å². The van der Waals surface area contributed by atoms with Crippen molar-refractivity contribution in [3.8, 4) is 6.19 Å². The van der Waals surface area contributed by atoms with Crippen LogP contribution in [0.3, 0.4) is 0 Å². The molecule has 0 amide bonds. The molecule has 0 fully saturated rings. The van der Waals surface area contributed by atoms with Crippen LogP contribution in [0.1, 0.15) is 11.6 Å². The maximum Gasteiger partial charge on any atom is 0.331 e. The fourth-order valence-corrected chi connectivity index (χ4v) is 0.998. The van der Waals surface area contributed by atoms with Crippen molar-refractivity contribution >= 4 is 5.97 Å². The standard InChI is InChI=1S/C9H8N2O2/c10-6-11-8(9(12)13)7-4-2-1-3-5-7/h1-5,8,11H,(H,12,13). The summed E-state index contributed by atoms with van der Waals surface area (Å²) in [5, 5.41) is 19.3. The third kappa shape index (κ3) is 2.20. The van der Waals surface area contributed by atoms with Crippen molar-refractivity contribution in [2.45, 2.75) is 6.04 Å². The summed E-state index contributed by atoms with van der Waals surface area (Å²) in [5.41, 5.74) is 0.566. The van der Waals surface area contributed by atoms with E-state index in [2.05, 4.69) is 5.32 Å². The van der Waals surface area contributed by atoms with Gasteiger partial charge in [0.2, 0.25) is 0 Å². The van der Waals surface area contributed by atoms with Crippen LogP contribution in [0.25, 0.3) is 0 Å². The first-order chi connectivity index (χ1) is 6.25. The number of benzene rings is 1. The number of carbonyl (C=O) groups is 1. The van der Waals surface area contributed by atoms with E-state index < -0.39 is 12.0 Å². The molecular weight excluding hydrogens is 168 g/mol. The predicted molar refractivity (Wildman–Crippen MR) is 45.6 cm³/mol. The summed E-state index contributed by atoms with van der Waals surface area (Å²) >= 11 is 0. The lowest BCUT2D eigenvalue weighted by molar-refractivity contribution is -0.139. The molecule has 0 aliphatic rings. The average Bonchev–Trinajstić information content (AvgIpc) is 2.15. The molecule has 0 bridgehead atoms. The van der Waals surface area contributed by atoms with E-state index >= 15 is 0 Å². The highest BCUT2D eigenvalue weighted by Gasteiger charge is 2.17. The maximum absolute atomic E-state index is 10.7. The molecule has 0 aromatic heterocycles. The quantitative estimate of drug-likeness (QED) is 0.529. The Balaban J connectivity index is 2.90. The number of nitrogens with zero attached hydrogens (tertiary/aromatic N) is 1. The summed E-state index contributed by atoms with van der Waals surface area (Å²) in [7, 11) is 0. The van der Waals surface area contributed by atoms with Crippen LogP contribution in [0, 0.1) is 11.5 Å². The van der Waals surface area contributed by atoms with Crippen LogP contribution >= 0.6 is 0 Å². The Kier molecular flexibility index (Phi) is 2.87. The van der Waals surface area contributed by atoms with Crippen LogP contribution in [0.15, 0.2) is 30.3 Å². The molecule has 1 rings (SSSR count). The molecule has 13 heavy (non-hydrogen) atoms. The SMILES string of the molecule is N#CNC(C(=O)O)c1ccccc1. The minimum absolute atomic E-state index is 0.566. The van der Waals surface area contributed by atoms with E-state index in [1.54, 1.807) is 36.5 Å². The number of hydrogen-bond donors (Lipinski definition) is 2. The molecule has 66 valence electrons. The van der Waals surface area contributed by atoms with E-state index in [-0.39, 0.29) is 0 Å². The van der Waals surface area contributed by atoms with Gasteiger partial charge in [0.05, 0.1) is 0 Å². The van der Waals surface area contributed by atoms with Gasteiger partial charge in [-0.3, -0.25) is 0 Å². The monoisotopic (exact) mass is 176 g/mol. The van der Waals surface area contributed by atoms with Crippen molar-refractivity contribution in [2.75, 3.05) is 0 Å². The van der Waals surface area contributed by atoms with E-state index in [0.29, 0.717) is 5.56 Å². The zero-order valence-electron chi connectivity index (χ0n) is 6.77. The first-order valence-electron chi connectivity index (χ1n) is 3.68. The first-order valence-corrected chi connectivity index (χ1v) is 3.68. The zero-order valence-corrected chi connectivity index (χ0v) is 6.77. The van der Waals surface area contributed by atoms with E-state index in [1.165, 1.54) is 0 Å². The van der Waals surface area contributed by atoms with Gasteiger partial charge in [0.25, 0.3) is 0 Å². The van der Waals surface area contributed by atoms with Crippen molar-refractivity contribution in [1.29, 1.82) is 5.26 Å². The van der Waals surface area contributed by atoms with Gasteiger partial charge >= 0.3 is 5.97 Å². The molecular formula is C9H8N2O2. The predicted octanol–water partition coefficient (Wildman–Crippen LogP) is 0.883. The number of rotatable bonds is 3. The molecule has 0 aliphatic heterocycles. The Morgan fingerprint density at radius 2 is 2.08 bits per heavy atom. The third-order valence-electron chi connectivity index (χ3n) is 1.59. The Morgan fingerprint density at radius 1 is 1.46 bits per heavy atom. The Morgan fingerprint density at radius 3 is 2.54 bits per heavy atom. The van der Waals surface area contributed by atoms with Crippen molar-refractivity contribution in [2.24, 2.45) is 0 Å². The van der Waals surface area contributed by atoms with Gasteiger partial charge in [0.15, 0.2) is 12.2 Å². The van der Waals surface area contributed by atoms with Crippen LogP contribution in [-0.2, 0) is 4.79 Å². The minimum Gasteiger partial charge on any atom is -0.479 e. The van der Waals surface area contributed by atoms with Gasteiger partial charge in [0, 0.05) is 0 Å². The normalized spacial score (nSPS) is 11.3. The lowest BCUT2D eigenvalue weighted by Gasteiger charge is -2.09. The molecule has 4 heteroatoms. The van der Waals surface area contributed by atoms with E-state index in [1.807, 2.05) is 0 Å². The second-order valence-electron chi connectivity index (χ2n) is 2.44. The van der Waals surface area contributed by atoms with Gasteiger partial charge in [-0.25, -0.2) is 4.79 Å². The largest absolute Gasteiger partial charge is 0.479 e. The average molecular weight is 176 g/mol. The van der Waals surface area contributed by atoms with Gasteiger partial charge in [-0.1, -0.05) is 30.3 Å². The topological polar surface area (TPSA) is 73.1 Å². The molecule has 1 atom stereocenters. The molecule has 0 saturated carbocycles. The summed E-state index contributed by atoms with van der Waals surface area (Å²) in [4.78, 5) is 10.7. The van der Waals surface area contributed by atoms with Crippen molar-refractivity contribution < 1.29 is 9.90 Å². The highest BCUT2D eigenvalue weighted by molar-refractivity contribution is 5.75. The lowest BCUT2D eigenvalue weighted by atomic mass is 10.1. The summed E-state index contributed by atoms with van der Waals surface area (Å²) < 4.78 is 0. The van der Waals surface area contributed by atoms with Gasteiger partial charge in [0.1, 0.15) is 0 Å². The molecule has 1 unspecified atom stereocenters. The molecule has 1 aromatic rings. The van der Waals surface area contributed by atoms with Crippen LogP contribution in [0.4, 0.5) is 0 Å². The molecule has 0 radical (unpaired) electrons. The van der Waals surface area contributed by atoms with Gasteiger partial charge in [-0.15, -0.1) is 0 Å². The number of aliphatic carboxylic acids is 1. The summed E-state index contributed by atoms with van der Waals surface area (Å²) in [5.74, 6) is -1.06. The fourth-order valence-electron chi connectivity index (χ4n) is 0.998. The van der Waals surface area contributed by atoms with Crippen LogP contribution < -0.4 is 5.32 Å². The van der Waals surface area contributed by atoms with E-state index in [4.69, 9.17) is 10.4 Å². The van der Waals surface area contributed by atoms with Crippen molar-refractivity contribution in [3.63, 3.8) is 0 Å². The van der Waals surface area contributed by atoms with Crippen LogP contribution in [-0.4, -0.2) is 11.1 Å². The number of carboxylic acid groups (broad SMARTS) is 1. The second kappa shape index (κ2) is 4.12. The van der Waals surface area contributed by atoms with Gasteiger partial charge < -0.3 is 10.4 Å². The molecule has 4 nitrogen and oxygen atoms in total. The maximum atomic E-state index is 10.7. The van der Waals surface area contributed by atoms with E-state index in [0.717, 1.165) is 0 Å². The minimum atomic E-state index is -1.06. The highest BCUT2D eigenvalue weighted by Crippen LogP contribution is 2.11. The molecule has 0 heterocycles. The number of nitriles is 1. The van der Waals surface area contributed by atoms with Crippen LogP contribution in [0.2, 0.25) is 0 Å². The fraction of sp³-hybridized carbons (Fsp3) is 0.111. The number of nitrogens with one attached hydrogen (secondary N) is 1. The Hall–Kier alpha value is -2.02. The first kappa shape index (κ1) is 9.07. The molecule has 2 N–H and O–H groups in total. The molecule has 1 aromatic carbocycles. The molecule has 0 spiro atoms. The summed E-state index contributed by atoms with van der Waals surface area (Å²) in [6.07, 6.45) is 1.62. The van der Waals surface area contributed by atoms with E-state index in [9.17, 15) is 4.79 Å². The Bertz CT molecular complexity index is 329. The zero-order chi connectivity index (χ0) is 9.68. The molecule has 0 saturated heterocycles. The summed E-state index contributed by atoms with van der Waals surface area (Å²) in [6.45, 7) is 0.